The van der Waals surface area contributed by atoms with Gasteiger partial charge in [0.2, 0.25) is 0 Å². The molecule has 0 saturated carbocycles. The van der Waals surface area contributed by atoms with Crippen molar-refractivity contribution in [1.82, 2.24) is 19.4 Å². The van der Waals surface area contributed by atoms with Crippen LogP contribution in [-0.4, -0.2) is 65.0 Å². The largest absolute Gasteiger partial charge is 0.497 e. The van der Waals surface area contributed by atoms with E-state index in [0.717, 1.165) is 11.1 Å². The monoisotopic (exact) mass is 589 g/mol. The van der Waals surface area contributed by atoms with Crippen LogP contribution in [0.5, 0.6) is 5.75 Å². The second-order valence-corrected chi connectivity index (χ2v) is 10.6. The van der Waals surface area contributed by atoms with E-state index in [9.17, 15) is 14.4 Å². The summed E-state index contributed by atoms with van der Waals surface area (Å²) in [6, 6.07) is 18.1. The smallest absolute Gasteiger partial charge is 0.261 e. The summed E-state index contributed by atoms with van der Waals surface area (Å²) in [5, 5.41) is 0.745. The fraction of sp³-hybridized carbons (Fsp3) is 0.312. The fourth-order valence-electron chi connectivity index (χ4n) is 4.75. The molecule has 0 saturated heterocycles. The van der Waals surface area contributed by atoms with E-state index in [1.165, 1.54) is 14.4 Å². The number of hydrogen-bond donors (Lipinski definition) is 1. The first-order chi connectivity index (χ1) is 20.2. The number of rotatable bonds is 11. The van der Waals surface area contributed by atoms with Crippen molar-refractivity contribution in [2.75, 3.05) is 33.8 Å². The average Bonchev–Trinajstić information content (AvgIpc) is 3.00. The van der Waals surface area contributed by atoms with Gasteiger partial charge in [-0.2, -0.15) is 0 Å². The van der Waals surface area contributed by atoms with Gasteiger partial charge in [-0.1, -0.05) is 41.4 Å². The van der Waals surface area contributed by atoms with Crippen molar-refractivity contribution in [3.05, 3.63) is 105 Å². The van der Waals surface area contributed by atoms with Crippen molar-refractivity contribution in [1.29, 1.82) is 0 Å². The average molecular weight is 590 g/mol. The molecule has 1 atom stereocenters. The number of aryl methyl sites for hydroxylation is 1. The minimum absolute atomic E-state index is 0.0972. The number of ether oxygens (including phenoxy) is 1. The van der Waals surface area contributed by atoms with Crippen molar-refractivity contribution in [3.8, 4) is 5.75 Å². The van der Waals surface area contributed by atoms with Gasteiger partial charge in [0.25, 0.3) is 17.4 Å². The van der Waals surface area contributed by atoms with Crippen LogP contribution >= 0.6 is 11.6 Å². The number of likely N-dealkylation sites (N-methyl/N-ethyl adjacent to an activating group) is 1. The Balaban J connectivity index is 2.01. The minimum atomic E-state index is -1.21. The minimum Gasteiger partial charge on any atom is -0.497 e. The summed E-state index contributed by atoms with van der Waals surface area (Å²) < 4.78 is 6.86. The number of methoxy groups -OCH3 is 1. The van der Waals surface area contributed by atoms with Gasteiger partial charge in [-0.05, 0) is 74.8 Å². The van der Waals surface area contributed by atoms with Crippen molar-refractivity contribution < 1.29 is 14.3 Å². The number of nitrogens with zero attached hydrogens (tertiary/aromatic N) is 4. The Morgan fingerprint density at radius 1 is 1.10 bits per heavy atom. The Morgan fingerprint density at radius 2 is 1.83 bits per heavy atom. The summed E-state index contributed by atoms with van der Waals surface area (Å²) >= 11 is 6.30. The number of halogens is 1. The van der Waals surface area contributed by atoms with Gasteiger partial charge < -0.3 is 20.3 Å². The number of nitrogens with two attached hydrogens (primary N) is 1. The summed E-state index contributed by atoms with van der Waals surface area (Å²) in [6.45, 7) is 4.75. The van der Waals surface area contributed by atoms with Crippen LogP contribution in [0.4, 0.5) is 0 Å². The molecule has 0 aliphatic rings. The molecule has 2 N–H and O–H groups in total. The molecule has 0 aliphatic carbocycles. The van der Waals surface area contributed by atoms with E-state index in [4.69, 9.17) is 27.1 Å². The Morgan fingerprint density at radius 3 is 2.50 bits per heavy atom. The predicted molar refractivity (Wildman–Crippen MR) is 165 cm³/mol. The van der Waals surface area contributed by atoms with Gasteiger partial charge in [0.05, 0.1) is 24.6 Å². The molecule has 0 bridgehead atoms. The third kappa shape index (κ3) is 6.64. The summed E-state index contributed by atoms with van der Waals surface area (Å²) in [4.78, 5) is 50.3. The first-order valence-corrected chi connectivity index (χ1v) is 14.2. The molecule has 3 aromatic carbocycles. The third-order valence-electron chi connectivity index (χ3n) is 7.22. The van der Waals surface area contributed by atoms with Crippen LogP contribution in [0, 0.1) is 6.92 Å². The van der Waals surface area contributed by atoms with Gasteiger partial charge >= 0.3 is 0 Å². The van der Waals surface area contributed by atoms with E-state index >= 15 is 0 Å². The highest BCUT2D eigenvalue weighted by atomic mass is 35.5. The number of fused-ring (bicyclic) bond motifs is 1. The van der Waals surface area contributed by atoms with E-state index in [0.29, 0.717) is 46.7 Å². The van der Waals surface area contributed by atoms with Crippen LogP contribution in [0.2, 0.25) is 5.02 Å². The molecule has 10 heteroatoms. The second-order valence-electron chi connectivity index (χ2n) is 10.1. The van der Waals surface area contributed by atoms with Crippen molar-refractivity contribution >= 4 is 34.3 Å². The van der Waals surface area contributed by atoms with E-state index in [2.05, 4.69) is 0 Å². The Hall–Kier alpha value is -4.21. The molecule has 1 heterocycles. The predicted octanol–water partition coefficient (Wildman–Crippen LogP) is 4.43. The van der Waals surface area contributed by atoms with Crippen LogP contribution in [0.3, 0.4) is 0 Å². The topological polar surface area (TPSA) is 111 Å². The van der Waals surface area contributed by atoms with Crippen molar-refractivity contribution in [2.45, 2.75) is 32.9 Å². The molecule has 2 amide bonds. The van der Waals surface area contributed by atoms with Gasteiger partial charge in [-0.15, -0.1) is 0 Å². The highest BCUT2D eigenvalue weighted by Gasteiger charge is 2.37. The highest BCUT2D eigenvalue weighted by molar-refractivity contribution is 6.31. The molecule has 4 rings (SSSR count). The number of amides is 2. The van der Waals surface area contributed by atoms with E-state index < -0.39 is 6.04 Å². The zero-order chi connectivity index (χ0) is 30.4. The lowest BCUT2D eigenvalue weighted by molar-refractivity contribution is -0.135. The molecule has 0 radical (unpaired) electrons. The fourth-order valence-corrected chi connectivity index (χ4v) is 4.91. The Labute approximate surface area is 250 Å². The molecule has 42 heavy (non-hydrogen) atoms. The van der Waals surface area contributed by atoms with Crippen LogP contribution in [0.25, 0.3) is 10.9 Å². The van der Waals surface area contributed by atoms with Gasteiger partial charge in [0, 0.05) is 30.7 Å². The Bertz CT molecular complexity index is 1640. The molecule has 0 fully saturated rings. The molecule has 0 spiro atoms. The van der Waals surface area contributed by atoms with Gasteiger partial charge in [0.1, 0.15) is 11.6 Å². The summed E-state index contributed by atoms with van der Waals surface area (Å²) in [7, 11) is 3.23. The summed E-state index contributed by atoms with van der Waals surface area (Å²) in [6.07, 6.45) is 0.441. The third-order valence-corrected chi connectivity index (χ3v) is 7.46. The molecule has 220 valence electrons. The highest BCUT2D eigenvalue weighted by Crippen LogP contribution is 2.27. The molecule has 9 nitrogen and oxygen atoms in total. The zero-order valence-electron chi connectivity index (χ0n) is 24.3. The zero-order valence-corrected chi connectivity index (χ0v) is 25.1. The number of hydrogen-bond acceptors (Lipinski definition) is 6. The lowest BCUT2D eigenvalue weighted by atomic mass is 10.1. The lowest BCUT2D eigenvalue weighted by Crippen LogP contribution is -2.47. The van der Waals surface area contributed by atoms with Crippen LogP contribution in [0.15, 0.2) is 71.5 Å². The molecular formula is C32H36ClN5O4. The standard InChI is InChI=1S/C32H36ClN5O4/c1-5-36(3)32(41)28(37(17-7-16-34)30(39)23-12-10-21(2)11-13-23)29-35-27-19-24(33)14-15-26(27)31(40)38(29)20-22-8-6-9-25(18-22)42-4/h6,8-15,18-19,28H,5,7,16-17,20,34H2,1-4H3. The SMILES string of the molecule is CCN(C)C(=O)C(c1nc2cc(Cl)ccc2c(=O)n1Cc1cccc(OC)c1)N(CCCN)C(=O)c1ccc(C)cc1. The summed E-state index contributed by atoms with van der Waals surface area (Å²) in [5.41, 5.74) is 8.04. The second kappa shape index (κ2) is 13.6. The molecule has 1 unspecified atom stereocenters. The molecule has 1 aromatic heterocycles. The van der Waals surface area contributed by atoms with Crippen molar-refractivity contribution in [2.24, 2.45) is 5.73 Å². The summed E-state index contributed by atoms with van der Waals surface area (Å²) in [5.74, 6) is 0.0304. The molecule has 4 aromatic rings. The maximum absolute atomic E-state index is 14.2. The molecule has 0 aliphatic heterocycles. The van der Waals surface area contributed by atoms with Crippen LogP contribution in [0.1, 0.15) is 46.7 Å². The quantitative estimate of drug-likeness (QED) is 0.277. The number of benzene rings is 3. The Kier molecular flexibility index (Phi) is 9.98. The number of aromatic nitrogens is 2. The maximum atomic E-state index is 14.2. The van der Waals surface area contributed by atoms with Gasteiger partial charge in [-0.25, -0.2) is 4.98 Å². The van der Waals surface area contributed by atoms with E-state index in [1.807, 2.05) is 50.2 Å². The van der Waals surface area contributed by atoms with E-state index in [-0.39, 0.29) is 36.3 Å². The first kappa shape index (κ1) is 30.7. The van der Waals surface area contributed by atoms with Gasteiger partial charge in [-0.3, -0.25) is 19.0 Å². The van der Waals surface area contributed by atoms with E-state index in [1.54, 1.807) is 44.5 Å². The normalized spacial score (nSPS) is 11.8. The van der Waals surface area contributed by atoms with Crippen LogP contribution in [-0.2, 0) is 11.3 Å². The maximum Gasteiger partial charge on any atom is 0.261 e. The number of carbonyl (C=O) groups excluding carboxylic acids is 2. The lowest BCUT2D eigenvalue weighted by Gasteiger charge is -2.34. The van der Waals surface area contributed by atoms with Crippen molar-refractivity contribution in [3.63, 3.8) is 0 Å². The number of carbonyl (C=O) groups is 2. The molecular weight excluding hydrogens is 554 g/mol. The van der Waals surface area contributed by atoms with Gasteiger partial charge in [0.15, 0.2) is 6.04 Å². The van der Waals surface area contributed by atoms with Crippen LogP contribution < -0.4 is 16.0 Å². The first-order valence-electron chi connectivity index (χ1n) is 13.8.